The molecule has 2 heterocycles. The van der Waals surface area contributed by atoms with Crippen LogP contribution in [0.25, 0.3) is 0 Å². The first kappa shape index (κ1) is 11.6. The second kappa shape index (κ2) is 4.57. The summed E-state index contributed by atoms with van der Waals surface area (Å²) in [7, 11) is 0. The van der Waals surface area contributed by atoms with Crippen LogP contribution in [-0.2, 0) is 4.79 Å². The lowest BCUT2D eigenvalue weighted by Gasteiger charge is -2.18. The Bertz CT molecular complexity index is 433. The molecule has 1 aromatic rings. The third kappa shape index (κ3) is 2.30. The molecule has 2 rings (SSSR count). The zero-order valence-corrected chi connectivity index (χ0v) is 9.95. The van der Waals surface area contributed by atoms with Gasteiger partial charge in [-0.05, 0) is 20.3 Å². The fourth-order valence-corrected chi connectivity index (χ4v) is 1.93. The number of hydrogen-bond donors (Lipinski definition) is 1. The number of hydrogen-bond acceptors (Lipinski definition) is 4. The molecule has 2 amide bonds. The molecule has 92 valence electrons. The van der Waals surface area contributed by atoms with Gasteiger partial charge in [0.25, 0.3) is 5.91 Å². The van der Waals surface area contributed by atoms with Crippen LogP contribution < -0.4 is 5.32 Å². The maximum Gasteiger partial charge on any atom is 0.259 e. The highest BCUT2D eigenvalue weighted by Crippen LogP contribution is 2.15. The van der Waals surface area contributed by atoms with Crippen LogP contribution in [0.5, 0.6) is 0 Å². The average Bonchev–Trinajstić information content (AvgIpc) is 2.51. The topological polar surface area (TPSA) is 75.4 Å². The van der Waals surface area contributed by atoms with Gasteiger partial charge < -0.3 is 14.7 Å². The Morgan fingerprint density at radius 3 is 2.88 bits per heavy atom. The maximum absolute atomic E-state index is 12.2. The molecule has 1 fully saturated rings. The third-order valence-electron chi connectivity index (χ3n) is 2.80. The molecule has 0 bridgehead atoms. The summed E-state index contributed by atoms with van der Waals surface area (Å²) in [5.74, 6) is 0.193. The second-order valence-corrected chi connectivity index (χ2v) is 4.13. The summed E-state index contributed by atoms with van der Waals surface area (Å²) >= 11 is 0. The van der Waals surface area contributed by atoms with E-state index in [0.29, 0.717) is 30.1 Å². The van der Waals surface area contributed by atoms with Gasteiger partial charge in [0, 0.05) is 13.1 Å². The van der Waals surface area contributed by atoms with Crippen molar-refractivity contribution in [3.63, 3.8) is 0 Å². The molecule has 6 heteroatoms. The summed E-state index contributed by atoms with van der Waals surface area (Å²) in [6.45, 7) is 4.71. The molecule has 0 radical (unpaired) electrons. The largest absolute Gasteiger partial charge is 0.361 e. The fourth-order valence-electron chi connectivity index (χ4n) is 1.93. The van der Waals surface area contributed by atoms with E-state index in [0.717, 1.165) is 6.42 Å². The molecule has 1 aliphatic heterocycles. The monoisotopic (exact) mass is 237 g/mol. The van der Waals surface area contributed by atoms with Crippen LogP contribution in [0.4, 0.5) is 0 Å². The molecule has 0 unspecified atom stereocenters. The Labute approximate surface area is 98.9 Å². The molecule has 6 nitrogen and oxygen atoms in total. The summed E-state index contributed by atoms with van der Waals surface area (Å²) in [6.07, 6.45) is 0.765. The van der Waals surface area contributed by atoms with Gasteiger partial charge in [0.15, 0.2) is 0 Å². The Morgan fingerprint density at radius 2 is 2.24 bits per heavy atom. The summed E-state index contributed by atoms with van der Waals surface area (Å²) in [5, 5.41) is 6.48. The van der Waals surface area contributed by atoms with Crippen LogP contribution in [-0.4, -0.2) is 41.5 Å². The molecule has 0 aromatic carbocycles. The summed E-state index contributed by atoms with van der Waals surface area (Å²) in [5.41, 5.74) is 1.04. The van der Waals surface area contributed by atoms with Gasteiger partial charge in [-0.1, -0.05) is 5.16 Å². The number of rotatable bonds is 1. The van der Waals surface area contributed by atoms with Gasteiger partial charge in [-0.3, -0.25) is 9.59 Å². The zero-order chi connectivity index (χ0) is 12.4. The van der Waals surface area contributed by atoms with Crippen LogP contribution in [0.1, 0.15) is 28.2 Å². The molecule has 1 aliphatic rings. The Hall–Kier alpha value is -1.85. The molecule has 1 saturated heterocycles. The van der Waals surface area contributed by atoms with Crippen molar-refractivity contribution in [2.45, 2.75) is 20.3 Å². The molecule has 0 saturated carbocycles. The second-order valence-electron chi connectivity index (χ2n) is 4.13. The number of carbonyl (C=O) groups excluding carboxylic acids is 2. The molecule has 1 aromatic heterocycles. The van der Waals surface area contributed by atoms with E-state index >= 15 is 0 Å². The minimum atomic E-state index is -0.182. The van der Waals surface area contributed by atoms with E-state index in [1.807, 2.05) is 0 Å². The molecule has 1 N–H and O–H groups in total. The predicted molar refractivity (Wildman–Crippen MR) is 59.5 cm³/mol. The van der Waals surface area contributed by atoms with Gasteiger partial charge in [-0.25, -0.2) is 0 Å². The Balaban J connectivity index is 2.22. The number of nitrogens with zero attached hydrogens (tertiary/aromatic N) is 2. The van der Waals surface area contributed by atoms with Crippen LogP contribution in [0.15, 0.2) is 4.52 Å². The van der Waals surface area contributed by atoms with Crippen molar-refractivity contribution in [3.8, 4) is 0 Å². The number of aromatic nitrogens is 1. The lowest BCUT2D eigenvalue weighted by atomic mass is 10.1. The molecular formula is C11H15N3O3. The minimum Gasteiger partial charge on any atom is -0.361 e. The van der Waals surface area contributed by atoms with Gasteiger partial charge in [0.05, 0.1) is 12.2 Å². The van der Waals surface area contributed by atoms with E-state index in [4.69, 9.17) is 4.52 Å². The average molecular weight is 237 g/mol. The van der Waals surface area contributed by atoms with E-state index in [9.17, 15) is 9.59 Å². The van der Waals surface area contributed by atoms with Crippen LogP contribution in [0, 0.1) is 13.8 Å². The van der Waals surface area contributed by atoms with Gasteiger partial charge in [0.2, 0.25) is 5.91 Å². The lowest BCUT2D eigenvalue weighted by molar-refractivity contribution is -0.121. The smallest absolute Gasteiger partial charge is 0.259 e. The van der Waals surface area contributed by atoms with E-state index in [2.05, 4.69) is 10.5 Å². The van der Waals surface area contributed by atoms with Crippen molar-refractivity contribution >= 4 is 11.8 Å². The van der Waals surface area contributed by atoms with E-state index < -0.39 is 0 Å². The quantitative estimate of drug-likeness (QED) is 0.759. The summed E-state index contributed by atoms with van der Waals surface area (Å²) < 4.78 is 4.97. The van der Waals surface area contributed by atoms with E-state index in [-0.39, 0.29) is 18.4 Å². The lowest BCUT2D eigenvalue weighted by Crippen LogP contribution is -2.37. The van der Waals surface area contributed by atoms with Crippen LogP contribution in [0.3, 0.4) is 0 Å². The Morgan fingerprint density at radius 1 is 1.47 bits per heavy atom. The number of nitrogens with one attached hydrogen (secondary N) is 1. The number of aryl methyl sites for hydroxylation is 2. The van der Waals surface area contributed by atoms with Crippen molar-refractivity contribution < 1.29 is 14.1 Å². The SMILES string of the molecule is Cc1noc(C)c1C(=O)N1CCCNC(=O)C1. The highest BCUT2D eigenvalue weighted by molar-refractivity contribution is 5.98. The molecule has 17 heavy (non-hydrogen) atoms. The van der Waals surface area contributed by atoms with Crippen LogP contribution >= 0.6 is 0 Å². The summed E-state index contributed by atoms with van der Waals surface area (Å²) in [4.78, 5) is 25.2. The standard InChI is InChI=1S/C11H15N3O3/c1-7-10(8(2)17-13-7)11(16)14-5-3-4-12-9(15)6-14/h3-6H2,1-2H3,(H,12,15). The van der Waals surface area contributed by atoms with Crippen molar-refractivity contribution in [1.82, 2.24) is 15.4 Å². The van der Waals surface area contributed by atoms with Gasteiger partial charge in [-0.2, -0.15) is 0 Å². The highest BCUT2D eigenvalue weighted by atomic mass is 16.5. The van der Waals surface area contributed by atoms with Crippen molar-refractivity contribution in [3.05, 3.63) is 17.0 Å². The number of amides is 2. The van der Waals surface area contributed by atoms with Crippen molar-refractivity contribution in [2.75, 3.05) is 19.6 Å². The van der Waals surface area contributed by atoms with E-state index in [1.54, 1.807) is 13.8 Å². The van der Waals surface area contributed by atoms with Gasteiger partial charge in [-0.15, -0.1) is 0 Å². The highest BCUT2D eigenvalue weighted by Gasteiger charge is 2.25. The third-order valence-corrected chi connectivity index (χ3v) is 2.80. The van der Waals surface area contributed by atoms with Crippen molar-refractivity contribution in [2.24, 2.45) is 0 Å². The maximum atomic E-state index is 12.2. The van der Waals surface area contributed by atoms with E-state index in [1.165, 1.54) is 4.90 Å². The van der Waals surface area contributed by atoms with Gasteiger partial charge in [0.1, 0.15) is 11.3 Å². The first-order valence-corrected chi connectivity index (χ1v) is 5.58. The van der Waals surface area contributed by atoms with Crippen molar-refractivity contribution in [1.29, 1.82) is 0 Å². The molecule has 0 aliphatic carbocycles. The first-order valence-electron chi connectivity index (χ1n) is 5.58. The molecule has 0 spiro atoms. The normalized spacial score (nSPS) is 16.6. The first-order chi connectivity index (χ1) is 8.09. The Kier molecular flexibility index (Phi) is 3.12. The fraction of sp³-hybridized carbons (Fsp3) is 0.545. The molecule has 0 atom stereocenters. The predicted octanol–water partition coefficient (Wildman–Crippen LogP) is 0.254. The van der Waals surface area contributed by atoms with Crippen LogP contribution in [0.2, 0.25) is 0 Å². The zero-order valence-electron chi connectivity index (χ0n) is 9.95. The summed E-state index contributed by atoms with van der Waals surface area (Å²) in [6, 6.07) is 0. The minimum absolute atomic E-state index is 0.100. The van der Waals surface area contributed by atoms with Gasteiger partial charge >= 0.3 is 0 Å². The molecular weight excluding hydrogens is 222 g/mol. The number of carbonyl (C=O) groups is 2.